The normalized spacial score (nSPS) is 10.8. The smallest absolute Gasteiger partial charge is 0.237 e. The molecule has 0 fully saturated rings. The summed E-state index contributed by atoms with van der Waals surface area (Å²) in [4.78, 5) is 21.6. The van der Waals surface area contributed by atoms with Gasteiger partial charge >= 0.3 is 0 Å². The molecule has 1 N–H and O–H groups in total. The molecule has 0 aliphatic heterocycles. The molecular weight excluding hydrogens is 354 g/mol. The fourth-order valence-corrected chi connectivity index (χ4v) is 3.95. The number of carbonyl (C=O) groups excluding carboxylic acids is 1. The molecule has 0 aromatic carbocycles. The van der Waals surface area contributed by atoms with Crippen LogP contribution >= 0.6 is 23.1 Å². The second-order valence-corrected chi connectivity index (χ2v) is 7.49. The Labute approximate surface area is 154 Å². The lowest BCUT2D eigenvalue weighted by Crippen LogP contribution is -2.24. The Bertz CT molecular complexity index is 843. The molecule has 0 spiro atoms. The van der Waals surface area contributed by atoms with Crippen LogP contribution in [0, 0.1) is 13.8 Å². The summed E-state index contributed by atoms with van der Waals surface area (Å²) in [6.45, 7) is 4.46. The third kappa shape index (κ3) is 4.70. The molecule has 3 heterocycles. The van der Waals surface area contributed by atoms with Gasteiger partial charge in [0, 0.05) is 24.7 Å². The van der Waals surface area contributed by atoms with Crippen molar-refractivity contribution in [2.75, 3.05) is 5.75 Å². The van der Waals surface area contributed by atoms with E-state index in [1.54, 1.807) is 23.7 Å². The molecular formula is C18H19N3O2S2. The van der Waals surface area contributed by atoms with Crippen molar-refractivity contribution in [3.05, 3.63) is 58.6 Å². The highest BCUT2D eigenvalue weighted by Crippen LogP contribution is 2.30. The van der Waals surface area contributed by atoms with Gasteiger partial charge in [-0.2, -0.15) is 0 Å². The van der Waals surface area contributed by atoms with Crippen LogP contribution in [0.3, 0.4) is 0 Å². The molecule has 3 rings (SSSR count). The van der Waals surface area contributed by atoms with Crippen molar-refractivity contribution in [1.82, 2.24) is 15.3 Å². The van der Waals surface area contributed by atoms with E-state index in [9.17, 15) is 4.79 Å². The third-order valence-electron chi connectivity index (χ3n) is 3.63. The number of hydrogen-bond acceptors (Lipinski definition) is 6. The first-order valence-electron chi connectivity index (χ1n) is 7.87. The summed E-state index contributed by atoms with van der Waals surface area (Å²) in [6, 6.07) is 5.85. The fraction of sp³-hybridized carbons (Fsp3) is 0.278. The van der Waals surface area contributed by atoms with Crippen LogP contribution in [0.1, 0.15) is 22.6 Å². The number of rotatable bonds is 7. The minimum atomic E-state index is 0.00401. The zero-order chi connectivity index (χ0) is 17.6. The van der Waals surface area contributed by atoms with E-state index in [0.717, 1.165) is 21.9 Å². The SMILES string of the molecule is Cc1ccsc1-c1nc(CSCC(=O)NCc2cccnc2)c(C)o1. The molecule has 0 saturated carbocycles. The van der Waals surface area contributed by atoms with E-state index >= 15 is 0 Å². The van der Waals surface area contributed by atoms with Crippen molar-refractivity contribution in [3.63, 3.8) is 0 Å². The number of aromatic nitrogens is 2. The first-order chi connectivity index (χ1) is 12.1. The molecule has 3 aromatic heterocycles. The van der Waals surface area contributed by atoms with Crippen LogP contribution in [-0.2, 0) is 17.1 Å². The number of amides is 1. The predicted octanol–water partition coefficient (Wildman–Crippen LogP) is 3.96. The van der Waals surface area contributed by atoms with Gasteiger partial charge in [-0.3, -0.25) is 9.78 Å². The first-order valence-corrected chi connectivity index (χ1v) is 9.91. The topological polar surface area (TPSA) is 68.0 Å². The molecule has 0 unspecified atom stereocenters. The summed E-state index contributed by atoms with van der Waals surface area (Å²) in [6.07, 6.45) is 3.47. The zero-order valence-electron chi connectivity index (χ0n) is 14.1. The summed E-state index contributed by atoms with van der Waals surface area (Å²) < 4.78 is 5.78. The van der Waals surface area contributed by atoms with E-state index in [2.05, 4.69) is 21.4 Å². The number of nitrogens with one attached hydrogen (secondary N) is 1. The van der Waals surface area contributed by atoms with Gasteiger partial charge in [0.2, 0.25) is 11.8 Å². The summed E-state index contributed by atoms with van der Waals surface area (Å²) >= 11 is 3.16. The molecule has 0 bridgehead atoms. The number of thioether (sulfide) groups is 1. The highest BCUT2D eigenvalue weighted by molar-refractivity contribution is 7.99. The van der Waals surface area contributed by atoms with E-state index in [1.165, 1.54) is 17.3 Å². The maximum absolute atomic E-state index is 11.9. The number of aryl methyl sites for hydroxylation is 2. The van der Waals surface area contributed by atoms with Gasteiger partial charge in [0.25, 0.3) is 0 Å². The van der Waals surface area contributed by atoms with Gasteiger partial charge in [0.05, 0.1) is 16.3 Å². The Morgan fingerprint density at radius 2 is 2.24 bits per heavy atom. The first kappa shape index (κ1) is 17.7. The number of nitrogens with zero attached hydrogens (tertiary/aromatic N) is 2. The molecule has 0 atom stereocenters. The minimum Gasteiger partial charge on any atom is -0.440 e. The van der Waals surface area contributed by atoms with Gasteiger partial charge in [-0.15, -0.1) is 23.1 Å². The van der Waals surface area contributed by atoms with Crippen LogP contribution in [-0.4, -0.2) is 21.6 Å². The van der Waals surface area contributed by atoms with E-state index < -0.39 is 0 Å². The maximum atomic E-state index is 11.9. The van der Waals surface area contributed by atoms with Crippen molar-refractivity contribution < 1.29 is 9.21 Å². The standard InChI is InChI=1S/C18H19N3O2S2/c1-12-5-7-25-17(12)18-21-15(13(2)23-18)10-24-11-16(22)20-9-14-4-3-6-19-8-14/h3-8H,9-11H2,1-2H3,(H,20,22). The molecule has 3 aromatic rings. The van der Waals surface area contributed by atoms with Crippen LogP contribution in [0.5, 0.6) is 0 Å². The van der Waals surface area contributed by atoms with Crippen molar-refractivity contribution in [3.8, 4) is 10.8 Å². The molecule has 0 radical (unpaired) electrons. The van der Waals surface area contributed by atoms with Gasteiger partial charge in [-0.25, -0.2) is 4.98 Å². The average Bonchev–Trinajstić information content (AvgIpc) is 3.20. The maximum Gasteiger partial charge on any atom is 0.237 e. The molecule has 0 aliphatic rings. The lowest BCUT2D eigenvalue weighted by atomic mass is 10.3. The summed E-state index contributed by atoms with van der Waals surface area (Å²) in [5.41, 5.74) is 3.05. The number of pyridine rings is 1. The van der Waals surface area contributed by atoms with Gasteiger partial charge < -0.3 is 9.73 Å². The molecule has 130 valence electrons. The molecule has 5 nitrogen and oxygen atoms in total. The van der Waals surface area contributed by atoms with Gasteiger partial charge in [-0.05, 0) is 42.5 Å². The molecule has 1 amide bonds. The van der Waals surface area contributed by atoms with Crippen molar-refractivity contribution in [2.24, 2.45) is 0 Å². The Morgan fingerprint density at radius 1 is 1.36 bits per heavy atom. The summed E-state index contributed by atoms with van der Waals surface area (Å²) in [5.74, 6) is 2.53. The van der Waals surface area contributed by atoms with Gasteiger partial charge in [-0.1, -0.05) is 6.07 Å². The predicted molar refractivity (Wildman–Crippen MR) is 102 cm³/mol. The van der Waals surface area contributed by atoms with Crippen molar-refractivity contribution >= 4 is 29.0 Å². The highest BCUT2D eigenvalue weighted by atomic mass is 32.2. The van der Waals surface area contributed by atoms with Crippen LogP contribution < -0.4 is 5.32 Å². The zero-order valence-corrected chi connectivity index (χ0v) is 15.7. The van der Waals surface area contributed by atoms with Crippen LogP contribution in [0.25, 0.3) is 10.8 Å². The van der Waals surface area contributed by atoms with Crippen LogP contribution in [0.15, 0.2) is 40.4 Å². The average molecular weight is 374 g/mol. The van der Waals surface area contributed by atoms with Gasteiger partial charge in [0.15, 0.2) is 0 Å². The number of thiophene rings is 1. The monoisotopic (exact) mass is 373 g/mol. The Hall–Kier alpha value is -2.12. The molecule has 0 saturated heterocycles. The number of carbonyl (C=O) groups is 1. The summed E-state index contributed by atoms with van der Waals surface area (Å²) in [5, 5.41) is 4.93. The quantitative estimate of drug-likeness (QED) is 0.679. The Balaban J connectivity index is 1.48. The third-order valence-corrected chi connectivity index (χ3v) is 5.58. The van der Waals surface area contributed by atoms with Crippen LogP contribution in [0.2, 0.25) is 0 Å². The largest absolute Gasteiger partial charge is 0.440 e. The highest BCUT2D eigenvalue weighted by Gasteiger charge is 2.14. The Kier molecular flexibility index (Phi) is 5.88. The van der Waals surface area contributed by atoms with E-state index in [0.29, 0.717) is 23.9 Å². The minimum absolute atomic E-state index is 0.00401. The van der Waals surface area contributed by atoms with Crippen molar-refractivity contribution in [1.29, 1.82) is 0 Å². The van der Waals surface area contributed by atoms with E-state index in [-0.39, 0.29) is 5.91 Å². The number of oxazole rings is 1. The molecule has 25 heavy (non-hydrogen) atoms. The second kappa shape index (κ2) is 8.31. The van der Waals surface area contributed by atoms with Crippen molar-refractivity contribution in [2.45, 2.75) is 26.1 Å². The molecule has 7 heteroatoms. The van der Waals surface area contributed by atoms with Crippen LogP contribution in [0.4, 0.5) is 0 Å². The molecule has 0 aliphatic carbocycles. The van der Waals surface area contributed by atoms with E-state index in [4.69, 9.17) is 4.42 Å². The fourth-order valence-electron chi connectivity index (χ4n) is 2.25. The second-order valence-electron chi connectivity index (χ2n) is 5.59. The lowest BCUT2D eigenvalue weighted by molar-refractivity contribution is -0.118. The summed E-state index contributed by atoms with van der Waals surface area (Å²) in [7, 11) is 0. The number of hydrogen-bond donors (Lipinski definition) is 1. The Morgan fingerprint density at radius 3 is 2.96 bits per heavy atom. The lowest BCUT2D eigenvalue weighted by Gasteiger charge is -2.04. The van der Waals surface area contributed by atoms with Gasteiger partial charge in [0.1, 0.15) is 5.76 Å². The van der Waals surface area contributed by atoms with E-state index in [1.807, 2.05) is 31.4 Å².